The van der Waals surface area contributed by atoms with Crippen molar-refractivity contribution >= 4 is 34.1 Å². The summed E-state index contributed by atoms with van der Waals surface area (Å²) in [6, 6.07) is 16.9. The molecule has 0 radical (unpaired) electrons. The largest absolute Gasteiger partial charge is 0.324 e. The Bertz CT molecular complexity index is 941. The molecular formula is C19H16ClN3O. The van der Waals surface area contributed by atoms with Crippen molar-refractivity contribution in [2.75, 3.05) is 11.4 Å². The van der Waals surface area contributed by atoms with Gasteiger partial charge in [-0.15, -0.1) is 0 Å². The fraction of sp³-hybridized carbons (Fsp3) is 0.158. The Hall–Kier alpha value is -2.43. The number of nitrogens with two attached hydrogens (primary N) is 1. The quantitative estimate of drug-likeness (QED) is 0.731. The molecular weight excluding hydrogens is 322 g/mol. The van der Waals surface area contributed by atoms with Crippen LogP contribution in [0, 0.1) is 0 Å². The van der Waals surface area contributed by atoms with E-state index in [2.05, 4.69) is 4.98 Å². The SMILES string of the molecule is NC1CCN(C(=O)c2ccc3ccc(Cl)cc3n2)c2ccccc21. The molecule has 1 atom stereocenters. The second-order valence-electron chi connectivity index (χ2n) is 5.94. The van der Waals surface area contributed by atoms with Gasteiger partial charge in [0.15, 0.2) is 0 Å². The van der Waals surface area contributed by atoms with E-state index in [-0.39, 0.29) is 11.9 Å². The number of carbonyl (C=O) groups is 1. The molecule has 0 saturated carbocycles. The molecule has 0 saturated heterocycles. The number of halogens is 1. The first-order valence-electron chi connectivity index (χ1n) is 7.86. The van der Waals surface area contributed by atoms with Crippen LogP contribution in [0.3, 0.4) is 0 Å². The summed E-state index contributed by atoms with van der Waals surface area (Å²) in [7, 11) is 0. The summed E-state index contributed by atoms with van der Waals surface area (Å²) in [6.07, 6.45) is 0.738. The number of hydrogen-bond acceptors (Lipinski definition) is 3. The minimum Gasteiger partial charge on any atom is -0.324 e. The number of carbonyl (C=O) groups excluding carboxylic acids is 1. The van der Waals surface area contributed by atoms with Crippen molar-refractivity contribution in [1.29, 1.82) is 0 Å². The van der Waals surface area contributed by atoms with Crippen LogP contribution in [0.4, 0.5) is 5.69 Å². The number of hydrogen-bond donors (Lipinski definition) is 1. The molecule has 4 nitrogen and oxygen atoms in total. The highest BCUT2D eigenvalue weighted by atomic mass is 35.5. The second-order valence-corrected chi connectivity index (χ2v) is 6.38. The standard InChI is InChI=1S/C19H16ClN3O/c20-13-7-5-12-6-8-16(22-17(12)11-13)19(24)23-10-9-15(21)14-3-1-2-4-18(14)23/h1-8,11,15H,9-10,21H2. The summed E-state index contributed by atoms with van der Waals surface area (Å²) in [6.45, 7) is 0.590. The molecule has 2 aromatic carbocycles. The first-order valence-corrected chi connectivity index (χ1v) is 8.24. The van der Waals surface area contributed by atoms with Gasteiger partial charge in [0.1, 0.15) is 5.69 Å². The van der Waals surface area contributed by atoms with Gasteiger partial charge in [0.2, 0.25) is 0 Å². The van der Waals surface area contributed by atoms with E-state index in [4.69, 9.17) is 17.3 Å². The summed E-state index contributed by atoms with van der Waals surface area (Å²) >= 11 is 6.03. The Kier molecular flexibility index (Phi) is 3.71. The Morgan fingerprint density at radius 2 is 1.96 bits per heavy atom. The highest BCUT2D eigenvalue weighted by Gasteiger charge is 2.27. The minimum atomic E-state index is -0.115. The van der Waals surface area contributed by atoms with Gasteiger partial charge in [0.05, 0.1) is 5.52 Å². The van der Waals surface area contributed by atoms with E-state index in [0.717, 1.165) is 28.6 Å². The van der Waals surface area contributed by atoms with Crippen LogP contribution in [0.5, 0.6) is 0 Å². The van der Waals surface area contributed by atoms with Crippen molar-refractivity contribution < 1.29 is 4.79 Å². The number of fused-ring (bicyclic) bond motifs is 2. The van der Waals surface area contributed by atoms with Crippen LogP contribution in [0.25, 0.3) is 10.9 Å². The third kappa shape index (κ3) is 2.54. The summed E-state index contributed by atoms with van der Waals surface area (Å²) in [5.74, 6) is -0.115. The monoisotopic (exact) mass is 337 g/mol. The first kappa shape index (κ1) is 15.1. The van der Waals surface area contributed by atoms with Crippen molar-refractivity contribution in [2.24, 2.45) is 5.73 Å². The fourth-order valence-corrected chi connectivity index (χ4v) is 3.32. The number of nitrogens with zero attached hydrogens (tertiary/aromatic N) is 2. The van der Waals surface area contributed by atoms with Gasteiger partial charge in [0, 0.05) is 28.7 Å². The van der Waals surface area contributed by atoms with E-state index in [9.17, 15) is 4.79 Å². The van der Waals surface area contributed by atoms with Gasteiger partial charge in [-0.05, 0) is 36.2 Å². The van der Waals surface area contributed by atoms with Crippen LogP contribution in [-0.4, -0.2) is 17.4 Å². The van der Waals surface area contributed by atoms with Crippen LogP contribution in [0.1, 0.15) is 28.5 Å². The predicted molar refractivity (Wildman–Crippen MR) is 96.4 cm³/mol. The summed E-state index contributed by atoms with van der Waals surface area (Å²) < 4.78 is 0. The number of rotatable bonds is 1. The molecule has 3 aromatic rings. The Morgan fingerprint density at radius 3 is 2.83 bits per heavy atom. The molecule has 4 rings (SSSR count). The normalized spacial score (nSPS) is 16.9. The molecule has 0 aliphatic carbocycles. The number of benzene rings is 2. The average Bonchev–Trinajstić information content (AvgIpc) is 2.61. The smallest absolute Gasteiger partial charge is 0.276 e. The Labute approximate surface area is 144 Å². The van der Waals surface area contributed by atoms with E-state index in [1.807, 2.05) is 42.5 Å². The number of pyridine rings is 1. The van der Waals surface area contributed by atoms with Crippen LogP contribution in [0.2, 0.25) is 5.02 Å². The number of para-hydroxylation sites is 1. The lowest BCUT2D eigenvalue weighted by Crippen LogP contribution is -2.38. The van der Waals surface area contributed by atoms with Gasteiger partial charge in [-0.25, -0.2) is 4.98 Å². The third-order valence-corrected chi connectivity index (χ3v) is 4.64. The molecule has 2 N–H and O–H groups in total. The molecule has 1 unspecified atom stereocenters. The third-order valence-electron chi connectivity index (χ3n) is 4.41. The maximum atomic E-state index is 13.0. The molecule has 0 bridgehead atoms. The van der Waals surface area contributed by atoms with Crippen molar-refractivity contribution in [2.45, 2.75) is 12.5 Å². The summed E-state index contributed by atoms with van der Waals surface area (Å²) in [5.41, 5.74) is 9.17. The van der Waals surface area contributed by atoms with Crippen molar-refractivity contribution in [1.82, 2.24) is 4.98 Å². The van der Waals surface area contributed by atoms with Crippen LogP contribution in [0.15, 0.2) is 54.6 Å². The maximum absolute atomic E-state index is 13.0. The molecule has 1 amide bonds. The molecule has 1 aliphatic rings. The summed E-state index contributed by atoms with van der Waals surface area (Å²) in [4.78, 5) is 19.2. The first-order chi connectivity index (χ1) is 11.6. The van der Waals surface area contributed by atoms with Crippen LogP contribution < -0.4 is 10.6 Å². The highest BCUT2D eigenvalue weighted by molar-refractivity contribution is 6.31. The molecule has 5 heteroatoms. The van der Waals surface area contributed by atoms with Crippen molar-refractivity contribution in [3.63, 3.8) is 0 Å². The molecule has 0 fully saturated rings. The lowest BCUT2D eigenvalue weighted by Gasteiger charge is -2.32. The Morgan fingerprint density at radius 1 is 1.17 bits per heavy atom. The number of anilines is 1. The van der Waals surface area contributed by atoms with E-state index in [0.29, 0.717) is 17.3 Å². The van der Waals surface area contributed by atoms with E-state index < -0.39 is 0 Å². The zero-order valence-electron chi connectivity index (χ0n) is 12.9. The maximum Gasteiger partial charge on any atom is 0.276 e. The van der Waals surface area contributed by atoms with Gasteiger partial charge in [-0.1, -0.05) is 41.9 Å². The van der Waals surface area contributed by atoms with Gasteiger partial charge in [-0.2, -0.15) is 0 Å². The van der Waals surface area contributed by atoms with E-state index >= 15 is 0 Å². The van der Waals surface area contributed by atoms with Gasteiger partial charge < -0.3 is 10.6 Å². The molecule has 1 aliphatic heterocycles. The van der Waals surface area contributed by atoms with Crippen LogP contribution >= 0.6 is 11.6 Å². The molecule has 120 valence electrons. The van der Waals surface area contributed by atoms with E-state index in [1.165, 1.54) is 0 Å². The zero-order chi connectivity index (χ0) is 16.7. The van der Waals surface area contributed by atoms with Crippen LogP contribution in [-0.2, 0) is 0 Å². The molecule has 1 aromatic heterocycles. The van der Waals surface area contributed by atoms with Crippen molar-refractivity contribution in [3.8, 4) is 0 Å². The molecule has 0 spiro atoms. The number of aromatic nitrogens is 1. The molecule has 24 heavy (non-hydrogen) atoms. The number of amides is 1. The fourth-order valence-electron chi connectivity index (χ4n) is 3.15. The second kappa shape index (κ2) is 5.89. The predicted octanol–water partition coefficient (Wildman–Crippen LogP) is 3.94. The lowest BCUT2D eigenvalue weighted by molar-refractivity contribution is 0.0980. The average molecular weight is 338 g/mol. The molecule has 2 heterocycles. The topological polar surface area (TPSA) is 59.2 Å². The highest BCUT2D eigenvalue weighted by Crippen LogP contribution is 2.33. The van der Waals surface area contributed by atoms with E-state index in [1.54, 1.807) is 17.0 Å². The van der Waals surface area contributed by atoms with Crippen molar-refractivity contribution in [3.05, 3.63) is 70.9 Å². The zero-order valence-corrected chi connectivity index (χ0v) is 13.7. The van der Waals surface area contributed by atoms with Gasteiger partial charge in [0.25, 0.3) is 5.91 Å². The van der Waals surface area contributed by atoms with Gasteiger partial charge >= 0.3 is 0 Å². The Balaban J connectivity index is 1.75. The van der Waals surface area contributed by atoms with Gasteiger partial charge in [-0.3, -0.25) is 4.79 Å². The lowest BCUT2D eigenvalue weighted by atomic mass is 9.97. The minimum absolute atomic E-state index is 0.0337. The summed E-state index contributed by atoms with van der Waals surface area (Å²) in [5, 5.41) is 1.56.